The van der Waals surface area contributed by atoms with Crippen LogP contribution in [-0.2, 0) is 9.53 Å². The zero-order chi connectivity index (χ0) is 15.6. The lowest BCUT2D eigenvalue weighted by Gasteiger charge is -2.43. The Morgan fingerprint density at radius 3 is 2.38 bits per heavy atom. The standard InChI is InChI=1S/C16H21NO4/c1-16(2,3)21-15(20)17-12-9-11(14(18)19)13(12)10-7-5-4-6-8-10/h4-8,11-13H,9H2,1-3H3,(H,17,20)(H,18,19). The van der Waals surface area contributed by atoms with Crippen molar-refractivity contribution in [2.24, 2.45) is 5.92 Å². The first kappa shape index (κ1) is 15.4. The summed E-state index contributed by atoms with van der Waals surface area (Å²) in [4.78, 5) is 23.1. The van der Waals surface area contributed by atoms with Gasteiger partial charge in [0.05, 0.1) is 5.92 Å². The summed E-state index contributed by atoms with van der Waals surface area (Å²) in [5.74, 6) is -1.50. The quantitative estimate of drug-likeness (QED) is 0.898. The van der Waals surface area contributed by atoms with E-state index in [0.717, 1.165) is 5.56 Å². The minimum atomic E-state index is -0.828. The van der Waals surface area contributed by atoms with Gasteiger partial charge in [0.25, 0.3) is 0 Å². The summed E-state index contributed by atoms with van der Waals surface area (Å²) in [7, 11) is 0. The third-order valence-corrected chi connectivity index (χ3v) is 3.58. The fraction of sp³-hybridized carbons (Fsp3) is 0.500. The van der Waals surface area contributed by atoms with Gasteiger partial charge in [-0.3, -0.25) is 4.79 Å². The molecule has 3 unspecified atom stereocenters. The molecule has 1 aliphatic carbocycles. The van der Waals surface area contributed by atoms with Crippen LogP contribution in [0.5, 0.6) is 0 Å². The monoisotopic (exact) mass is 291 g/mol. The van der Waals surface area contributed by atoms with Crippen LogP contribution < -0.4 is 5.32 Å². The number of carboxylic acid groups (broad SMARTS) is 1. The minimum absolute atomic E-state index is 0.205. The Labute approximate surface area is 124 Å². The number of ether oxygens (including phenoxy) is 1. The Bertz CT molecular complexity index is 521. The average Bonchev–Trinajstić information content (AvgIpc) is 2.32. The van der Waals surface area contributed by atoms with Crippen LogP contribution in [0.1, 0.15) is 38.7 Å². The molecule has 0 aromatic heterocycles. The number of amides is 1. The normalized spacial score (nSPS) is 24.8. The van der Waals surface area contributed by atoms with Crippen LogP contribution in [0, 0.1) is 5.92 Å². The first-order valence-corrected chi connectivity index (χ1v) is 7.05. The first-order chi connectivity index (χ1) is 9.78. The second kappa shape index (κ2) is 5.76. The molecule has 5 nitrogen and oxygen atoms in total. The molecule has 5 heteroatoms. The average molecular weight is 291 g/mol. The molecule has 3 atom stereocenters. The first-order valence-electron chi connectivity index (χ1n) is 7.05. The Hall–Kier alpha value is -2.04. The highest BCUT2D eigenvalue weighted by atomic mass is 16.6. The number of carbonyl (C=O) groups excluding carboxylic acids is 1. The second-order valence-corrected chi connectivity index (χ2v) is 6.37. The highest BCUT2D eigenvalue weighted by Gasteiger charge is 2.47. The van der Waals surface area contributed by atoms with Crippen molar-refractivity contribution in [2.75, 3.05) is 0 Å². The molecule has 2 rings (SSSR count). The van der Waals surface area contributed by atoms with Gasteiger partial charge < -0.3 is 15.2 Å². The molecule has 0 bridgehead atoms. The molecule has 21 heavy (non-hydrogen) atoms. The molecule has 0 saturated heterocycles. The minimum Gasteiger partial charge on any atom is -0.481 e. The zero-order valence-electron chi connectivity index (χ0n) is 12.5. The molecule has 114 valence electrons. The maximum absolute atomic E-state index is 11.8. The van der Waals surface area contributed by atoms with Crippen molar-refractivity contribution >= 4 is 12.1 Å². The van der Waals surface area contributed by atoms with Crippen molar-refractivity contribution in [3.8, 4) is 0 Å². The molecular weight excluding hydrogens is 270 g/mol. The molecule has 0 heterocycles. The summed E-state index contributed by atoms with van der Waals surface area (Å²) in [6.07, 6.45) is -0.0778. The van der Waals surface area contributed by atoms with Gasteiger partial charge in [-0.2, -0.15) is 0 Å². The van der Waals surface area contributed by atoms with Crippen LogP contribution >= 0.6 is 0 Å². The molecule has 1 saturated carbocycles. The van der Waals surface area contributed by atoms with E-state index in [-0.39, 0.29) is 12.0 Å². The van der Waals surface area contributed by atoms with Gasteiger partial charge in [-0.25, -0.2) is 4.79 Å². The van der Waals surface area contributed by atoms with Gasteiger partial charge in [0.1, 0.15) is 5.60 Å². The van der Waals surface area contributed by atoms with Gasteiger partial charge in [-0.1, -0.05) is 30.3 Å². The summed E-state index contributed by atoms with van der Waals surface area (Å²) in [6.45, 7) is 5.38. The number of carbonyl (C=O) groups is 2. The summed E-state index contributed by atoms with van der Waals surface area (Å²) in [6, 6.07) is 9.21. The number of hydrogen-bond acceptors (Lipinski definition) is 3. The second-order valence-electron chi connectivity index (χ2n) is 6.37. The zero-order valence-corrected chi connectivity index (χ0v) is 12.5. The molecule has 0 aliphatic heterocycles. The van der Waals surface area contributed by atoms with Crippen molar-refractivity contribution in [3.63, 3.8) is 0 Å². The molecule has 1 aromatic rings. The van der Waals surface area contributed by atoms with Crippen molar-refractivity contribution < 1.29 is 19.4 Å². The Morgan fingerprint density at radius 2 is 1.86 bits per heavy atom. The molecule has 2 N–H and O–H groups in total. The van der Waals surface area contributed by atoms with E-state index in [1.54, 1.807) is 20.8 Å². The Balaban J connectivity index is 2.07. The number of rotatable bonds is 3. The maximum atomic E-state index is 11.8. The highest BCUT2D eigenvalue weighted by molar-refractivity contribution is 5.75. The third-order valence-electron chi connectivity index (χ3n) is 3.58. The third kappa shape index (κ3) is 3.74. The lowest BCUT2D eigenvalue weighted by atomic mass is 9.66. The lowest BCUT2D eigenvalue weighted by molar-refractivity contribution is -0.146. The van der Waals surface area contributed by atoms with Crippen LogP contribution in [0.3, 0.4) is 0 Å². The predicted molar refractivity (Wildman–Crippen MR) is 78.1 cm³/mol. The molecule has 0 spiro atoms. The maximum Gasteiger partial charge on any atom is 0.407 e. The van der Waals surface area contributed by atoms with E-state index in [1.807, 2.05) is 30.3 Å². The van der Waals surface area contributed by atoms with Crippen LogP contribution in [0.4, 0.5) is 4.79 Å². The summed E-state index contributed by atoms with van der Waals surface area (Å²) in [5, 5.41) is 12.0. The van der Waals surface area contributed by atoms with Crippen LogP contribution in [0.2, 0.25) is 0 Å². The molecular formula is C16H21NO4. The van der Waals surface area contributed by atoms with E-state index >= 15 is 0 Å². The van der Waals surface area contributed by atoms with E-state index in [1.165, 1.54) is 0 Å². The fourth-order valence-electron chi connectivity index (χ4n) is 2.65. The van der Waals surface area contributed by atoms with Gasteiger partial charge >= 0.3 is 12.1 Å². The Kier molecular flexibility index (Phi) is 4.21. The van der Waals surface area contributed by atoms with Gasteiger partial charge in [0.15, 0.2) is 0 Å². The number of alkyl carbamates (subject to hydrolysis) is 1. The largest absolute Gasteiger partial charge is 0.481 e. The number of nitrogens with one attached hydrogen (secondary N) is 1. The van der Waals surface area contributed by atoms with Crippen LogP contribution in [0.25, 0.3) is 0 Å². The SMILES string of the molecule is CC(C)(C)OC(=O)NC1CC(C(=O)O)C1c1ccccc1. The number of hydrogen-bond donors (Lipinski definition) is 2. The van der Waals surface area contributed by atoms with E-state index in [2.05, 4.69) is 5.32 Å². The summed E-state index contributed by atoms with van der Waals surface area (Å²) < 4.78 is 5.23. The van der Waals surface area contributed by atoms with E-state index in [0.29, 0.717) is 6.42 Å². The summed E-state index contributed by atoms with van der Waals surface area (Å²) in [5.41, 5.74) is 0.361. The van der Waals surface area contributed by atoms with E-state index in [9.17, 15) is 14.7 Å². The molecule has 1 aromatic carbocycles. The topological polar surface area (TPSA) is 75.6 Å². The molecule has 0 radical (unpaired) electrons. The molecule has 1 amide bonds. The van der Waals surface area contributed by atoms with Gasteiger partial charge in [0, 0.05) is 12.0 Å². The van der Waals surface area contributed by atoms with Gasteiger partial charge in [-0.05, 0) is 32.8 Å². The predicted octanol–water partition coefficient (Wildman–Crippen LogP) is 2.77. The van der Waals surface area contributed by atoms with E-state index in [4.69, 9.17) is 4.74 Å². The number of aliphatic carboxylic acids is 1. The smallest absolute Gasteiger partial charge is 0.407 e. The lowest BCUT2D eigenvalue weighted by Crippen LogP contribution is -2.54. The summed E-state index contributed by atoms with van der Waals surface area (Å²) >= 11 is 0. The van der Waals surface area contributed by atoms with Crippen molar-refractivity contribution in [1.29, 1.82) is 0 Å². The Morgan fingerprint density at radius 1 is 1.24 bits per heavy atom. The number of benzene rings is 1. The van der Waals surface area contributed by atoms with Crippen molar-refractivity contribution in [1.82, 2.24) is 5.32 Å². The van der Waals surface area contributed by atoms with Gasteiger partial charge in [0.2, 0.25) is 0 Å². The highest BCUT2D eigenvalue weighted by Crippen LogP contribution is 2.43. The van der Waals surface area contributed by atoms with Crippen molar-refractivity contribution in [2.45, 2.75) is 44.8 Å². The molecule has 1 fully saturated rings. The van der Waals surface area contributed by atoms with Gasteiger partial charge in [-0.15, -0.1) is 0 Å². The van der Waals surface area contributed by atoms with E-state index < -0.39 is 23.6 Å². The van der Waals surface area contributed by atoms with Crippen LogP contribution in [0.15, 0.2) is 30.3 Å². The van der Waals surface area contributed by atoms with Crippen LogP contribution in [-0.4, -0.2) is 28.8 Å². The van der Waals surface area contributed by atoms with Crippen molar-refractivity contribution in [3.05, 3.63) is 35.9 Å². The fourth-order valence-corrected chi connectivity index (χ4v) is 2.65. The molecule has 1 aliphatic rings. The number of carboxylic acids is 1.